The Kier molecular flexibility index (Phi) is 6.53. The van der Waals surface area contributed by atoms with Crippen molar-refractivity contribution in [3.63, 3.8) is 0 Å². The van der Waals surface area contributed by atoms with Gasteiger partial charge in [-0.15, -0.1) is 11.3 Å². The Morgan fingerprint density at radius 2 is 1.97 bits per heavy atom. The Balaban J connectivity index is 1.93. The lowest BCUT2D eigenvalue weighted by Crippen LogP contribution is -2.14. The molecule has 10 heteroatoms. The van der Waals surface area contributed by atoms with Crippen LogP contribution in [0.2, 0.25) is 5.02 Å². The zero-order chi connectivity index (χ0) is 21.8. The van der Waals surface area contributed by atoms with Crippen molar-refractivity contribution < 1.29 is 19.2 Å². The van der Waals surface area contributed by atoms with Gasteiger partial charge in [-0.3, -0.25) is 20.2 Å². The van der Waals surface area contributed by atoms with E-state index in [0.717, 1.165) is 10.4 Å². The van der Waals surface area contributed by atoms with Crippen LogP contribution in [0.1, 0.15) is 22.2 Å². The average molecular weight is 448 g/mol. The van der Waals surface area contributed by atoms with Crippen molar-refractivity contribution in [1.29, 1.82) is 0 Å². The molecule has 0 spiro atoms. The topological polar surface area (TPSA) is 104 Å². The van der Waals surface area contributed by atoms with Crippen LogP contribution in [0, 0.1) is 17.0 Å². The van der Waals surface area contributed by atoms with E-state index in [9.17, 15) is 14.9 Å². The van der Waals surface area contributed by atoms with Gasteiger partial charge in [0.05, 0.1) is 30.4 Å². The zero-order valence-electron chi connectivity index (χ0n) is 16.4. The average Bonchev–Trinajstić information content (AvgIpc) is 3.08. The predicted molar refractivity (Wildman–Crippen MR) is 116 cm³/mol. The SMILES string of the molecule is CCOc1cc([N+](=O)[O-])c(C(=O)Nc2nc(-c3ccc(Cl)cc3)c(C)s2)cc1OC. The van der Waals surface area contributed by atoms with E-state index in [1.54, 1.807) is 19.1 Å². The molecule has 156 valence electrons. The number of hydrogen-bond acceptors (Lipinski definition) is 7. The molecule has 0 aliphatic heterocycles. The van der Waals surface area contributed by atoms with E-state index in [0.29, 0.717) is 22.5 Å². The van der Waals surface area contributed by atoms with Crippen molar-refractivity contribution in [2.45, 2.75) is 13.8 Å². The number of anilines is 1. The number of nitrogens with one attached hydrogen (secondary N) is 1. The minimum Gasteiger partial charge on any atom is -0.493 e. The number of carbonyl (C=O) groups is 1. The van der Waals surface area contributed by atoms with Gasteiger partial charge in [-0.05, 0) is 26.0 Å². The smallest absolute Gasteiger partial charge is 0.286 e. The normalized spacial score (nSPS) is 10.5. The van der Waals surface area contributed by atoms with E-state index < -0.39 is 10.8 Å². The maximum atomic E-state index is 12.8. The summed E-state index contributed by atoms with van der Waals surface area (Å²) in [6, 6.07) is 9.64. The van der Waals surface area contributed by atoms with Gasteiger partial charge in [-0.25, -0.2) is 4.98 Å². The molecule has 0 fully saturated rings. The number of aryl methyl sites for hydroxylation is 1. The van der Waals surface area contributed by atoms with E-state index in [4.69, 9.17) is 21.1 Å². The second-order valence-electron chi connectivity index (χ2n) is 6.10. The number of aromatic nitrogens is 1. The quantitative estimate of drug-likeness (QED) is 0.387. The number of nitro groups is 1. The standard InChI is InChI=1S/C20H18ClN3O5S/c1-4-29-17-10-15(24(26)27)14(9-16(17)28-3)19(25)23-20-22-18(11(2)30-20)12-5-7-13(21)8-6-12/h5-10H,4H2,1-3H3,(H,22,23,25). The molecule has 0 unspecified atom stereocenters. The molecule has 0 atom stereocenters. The highest BCUT2D eigenvalue weighted by Gasteiger charge is 2.25. The number of rotatable bonds is 7. The molecule has 0 bridgehead atoms. The third-order valence-corrected chi connectivity index (χ3v) is 5.30. The maximum absolute atomic E-state index is 12.8. The molecule has 3 rings (SSSR count). The Labute approximate surface area is 181 Å². The number of amides is 1. The van der Waals surface area contributed by atoms with Crippen LogP contribution in [0.4, 0.5) is 10.8 Å². The summed E-state index contributed by atoms with van der Waals surface area (Å²) >= 11 is 7.20. The molecule has 0 saturated heterocycles. The van der Waals surface area contributed by atoms with Gasteiger partial charge in [0.2, 0.25) is 0 Å². The molecule has 1 heterocycles. The van der Waals surface area contributed by atoms with Crippen molar-refractivity contribution in [2.75, 3.05) is 19.0 Å². The fourth-order valence-corrected chi connectivity index (χ4v) is 3.76. The Bertz CT molecular complexity index is 1100. The van der Waals surface area contributed by atoms with Gasteiger partial charge in [0.1, 0.15) is 5.56 Å². The van der Waals surface area contributed by atoms with Gasteiger partial charge in [0, 0.05) is 21.5 Å². The van der Waals surface area contributed by atoms with Crippen LogP contribution in [-0.4, -0.2) is 29.5 Å². The first kappa shape index (κ1) is 21.5. The minimum atomic E-state index is -0.667. The molecule has 0 aliphatic rings. The second kappa shape index (κ2) is 9.10. The number of methoxy groups -OCH3 is 1. The molecule has 30 heavy (non-hydrogen) atoms. The summed E-state index contributed by atoms with van der Waals surface area (Å²) in [5, 5.41) is 15.1. The molecule has 1 N–H and O–H groups in total. The Morgan fingerprint density at radius 3 is 2.57 bits per heavy atom. The molecule has 1 aromatic heterocycles. The third-order valence-electron chi connectivity index (χ3n) is 4.16. The Morgan fingerprint density at radius 1 is 1.27 bits per heavy atom. The summed E-state index contributed by atoms with van der Waals surface area (Å²) in [5.41, 5.74) is 1.01. The highest BCUT2D eigenvalue weighted by atomic mass is 35.5. The largest absolute Gasteiger partial charge is 0.493 e. The fraction of sp³-hybridized carbons (Fsp3) is 0.200. The van der Waals surface area contributed by atoms with E-state index in [-0.39, 0.29) is 22.7 Å². The van der Waals surface area contributed by atoms with Gasteiger partial charge >= 0.3 is 0 Å². The highest BCUT2D eigenvalue weighted by Crippen LogP contribution is 2.36. The summed E-state index contributed by atoms with van der Waals surface area (Å²) < 4.78 is 10.6. The number of ether oxygens (including phenoxy) is 2. The lowest BCUT2D eigenvalue weighted by Gasteiger charge is -2.11. The van der Waals surface area contributed by atoms with Gasteiger partial charge in [-0.1, -0.05) is 23.7 Å². The first-order valence-electron chi connectivity index (χ1n) is 8.88. The number of nitrogens with zero attached hydrogens (tertiary/aromatic N) is 2. The van der Waals surface area contributed by atoms with E-state index in [1.165, 1.54) is 30.6 Å². The number of thiazole rings is 1. The van der Waals surface area contributed by atoms with Crippen molar-refractivity contribution in [3.05, 3.63) is 62.0 Å². The van der Waals surface area contributed by atoms with Crippen LogP contribution in [-0.2, 0) is 0 Å². The van der Waals surface area contributed by atoms with E-state index in [1.807, 2.05) is 19.1 Å². The summed E-state index contributed by atoms with van der Waals surface area (Å²) in [6.45, 7) is 3.92. The molecule has 8 nitrogen and oxygen atoms in total. The second-order valence-corrected chi connectivity index (χ2v) is 7.73. The summed E-state index contributed by atoms with van der Waals surface area (Å²) in [4.78, 5) is 29.0. The summed E-state index contributed by atoms with van der Waals surface area (Å²) in [7, 11) is 1.40. The van der Waals surface area contributed by atoms with Crippen LogP contribution in [0.15, 0.2) is 36.4 Å². The van der Waals surface area contributed by atoms with Crippen LogP contribution < -0.4 is 14.8 Å². The number of benzene rings is 2. The van der Waals surface area contributed by atoms with E-state index in [2.05, 4.69) is 10.3 Å². The van der Waals surface area contributed by atoms with Crippen molar-refractivity contribution >= 4 is 39.7 Å². The monoisotopic (exact) mass is 447 g/mol. The lowest BCUT2D eigenvalue weighted by molar-refractivity contribution is -0.385. The lowest BCUT2D eigenvalue weighted by atomic mass is 10.1. The molecule has 1 amide bonds. The van der Waals surface area contributed by atoms with Gasteiger partial charge in [-0.2, -0.15) is 0 Å². The van der Waals surface area contributed by atoms with Crippen LogP contribution in [0.25, 0.3) is 11.3 Å². The predicted octanol–water partition coefficient (Wildman–Crippen LogP) is 5.34. The molecule has 3 aromatic rings. The van der Waals surface area contributed by atoms with Crippen LogP contribution >= 0.6 is 22.9 Å². The number of halogens is 1. The number of nitro benzene ring substituents is 1. The number of hydrogen-bond donors (Lipinski definition) is 1. The van der Waals surface area contributed by atoms with Gasteiger partial charge < -0.3 is 9.47 Å². The molecule has 2 aromatic carbocycles. The minimum absolute atomic E-state index is 0.152. The first-order chi connectivity index (χ1) is 14.3. The first-order valence-corrected chi connectivity index (χ1v) is 10.1. The van der Waals surface area contributed by atoms with Crippen molar-refractivity contribution in [3.8, 4) is 22.8 Å². The maximum Gasteiger partial charge on any atom is 0.286 e. The summed E-state index contributed by atoms with van der Waals surface area (Å²) in [6.07, 6.45) is 0. The van der Waals surface area contributed by atoms with Crippen molar-refractivity contribution in [2.24, 2.45) is 0 Å². The zero-order valence-corrected chi connectivity index (χ0v) is 18.0. The van der Waals surface area contributed by atoms with Crippen LogP contribution in [0.5, 0.6) is 11.5 Å². The highest BCUT2D eigenvalue weighted by molar-refractivity contribution is 7.16. The van der Waals surface area contributed by atoms with Gasteiger partial charge in [0.25, 0.3) is 11.6 Å². The van der Waals surface area contributed by atoms with Crippen LogP contribution in [0.3, 0.4) is 0 Å². The molecular weight excluding hydrogens is 430 g/mol. The number of carbonyl (C=O) groups excluding carboxylic acids is 1. The molecule has 0 saturated carbocycles. The molecule has 0 radical (unpaired) electrons. The van der Waals surface area contributed by atoms with E-state index >= 15 is 0 Å². The van der Waals surface area contributed by atoms with Gasteiger partial charge in [0.15, 0.2) is 16.6 Å². The third kappa shape index (κ3) is 4.52. The fourth-order valence-electron chi connectivity index (χ4n) is 2.80. The summed E-state index contributed by atoms with van der Waals surface area (Å²) in [5.74, 6) is -0.248. The molecular formula is C20H18ClN3O5S. The Hall–Kier alpha value is -3.17. The molecule has 0 aliphatic carbocycles. The van der Waals surface area contributed by atoms with Crippen molar-refractivity contribution in [1.82, 2.24) is 4.98 Å².